The summed E-state index contributed by atoms with van der Waals surface area (Å²) in [6.07, 6.45) is 1.91. The Morgan fingerprint density at radius 1 is 1.24 bits per heavy atom. The van der Waals surface area contributed by atoms with Gasteiger partial charge in [-0.25, -0.2) is 4.98 Å². The first-order valence-corrected chi connectivity index (χ1v) is 7.48. The Morgan fingerprint density at radius 3 is 2.52 bits per heavy atom. The van der Waals surface area contributed by atoms with E-state index in [1.807, 2.05) is 39.2 Å². The average molecular weight is 307 g/mol. The lowest BCUT2D eigenvalue weighted by atomic mass is 10.2. The number of nitrogens with zero attached hydrogens (tertiary/aromatic N) is 6. The smallest absolute Gasteiger partial charge is 0.229 e. The number of thiazole rings is 1. The van der Waals surface area contributed by atoms with E-state index < -0.39 is 0 Å². The molecule has 2 N–H and O–H groups in total. The van der Waals surface area contributed by atoms with Crippen molar-refractivity contribution < 1.29 is 0 Å². The molecule has 0 bridgehead atoms. The molecule has 1 atom stereocenters. The van der Waals surface area contributed by atoms with Crippen molar-refractivity contribution in [3.05, 3.63) is 21.9 Å². The van der Waals surface area contributed by atoms with Crippen molar-refractivity contribution in [3.8, 4) is 0 Å². The highest BCUT2D eigenvalue weighted by Crippen LogP contribution is 2.21. The molecule has 114 valence electrons. The van der Waals surface area contributed by atoms with Gasteiger partial charge in [-0.1, -0.05) is 0 Å². The van der Waals surface area contributed by atoms with Gasteiger partial charge in [-0.05, 0) is 20.9 Å². The van der Waals surface area contributed by atoms with E-state index >= 15 is 0 Å². The minimum absolute atomic E-state index is 0.0383. The van der Waals surface area contributed by atoms with E-state index in [0.29, 0.717) is 11.8 Å². The molecule has 2 heterocycles. The van der Waals surface area contributed by atoms with Gasteiger partial charge in [0.05, 0.1) is 11.0 Å². The first kappa shape index (κ1) is 15.6. The molecule has 7 nitrogen and oxygen atoms in total. The topological polar surface area (TPSA) is 84.1 Å². The Kier molecular flexibility index (Phi) is 4.69. The minimum atomic E-state index is 0.0383. The zero-order chi connectivity index (χ0) is 15.6. The quantitative estimate of drug-likeness (QED) is 0.895. The molecule has 0 spiro atoms. The second-order valence-electron chi connectivity index (χ2n) is 5.18. The number of aromatic nitrogens is 4. The highest BCUT2D eigenvalue weighted by atomic mass is 32.1. The Labute approximate surface area is 128 Å². The molecule has 0 aromatic carbocycles. The van der Waals surface area contributed by atoms with E-state index in [0.717, 1.165) is 11.6 Å². The van der Waals surface area contributed by atoms with Gasteiger partial charge in [0, 0.05) is 31.7 Å². The lowest BCUT2D eigenvalue weighted by Crippen LogP contribution is -2.25. The van der Waals surface area contributed by atoms with Gasteiger partial charge in [0.1, 0.15) is 0 Å². The summed E-state index contributed by atoms with van der Waals surface area (Å²) in [6, 6.07) is 0.0383. The third kappa shape index (κ3) is 3.85. The van der Waals surface area contributed by atoms with Gasteiger partial charge in [-0.3, -0.25) is 4.90 Å². The van der Waals surface area contributed by atoms with Gasteiger partial charge >= 0.3 is 0 Å². The van der Waals surface area contributed by atoms with E-state index in [-0.39, 0.29) is 12.0 Å². The van der Waals surface area contributed by atoms with Crippen molar-refractivity contribution in [3.63, 3.8) is 0 Å². The van der Waals surface area contributed by atoms with Crippen LogP contribution in [0.25, 0.3) is 0 Å². The van der Waals surface area contributed by atoms with Crippen LogP contribution in [0.5, 0.6) is 0 Å². The van der Waals surface area contributed by atoms with Crippen molar-refractivity contribution in [2.24, 2.45) is 0 Å². The Bertz CT molecular complexity index is 610. The first-order valence-electron chi connectivity index (χ1n) is 6.67. The zero-order valence-corrected chi connectivity index (χ0v) is 13.8. The predicted octanol–water partition coefficient (Wildman–Crippen LogP) is 1.48. The van der Waals surface area contributed by atoms with E-state index in [1.165, 1.54) is 4.88 Å². The highest BCUT2D eigenvalue weighted by Gasteiger charge is 2.18. The van der Waals surface area contributed by atoms with Crippen LogP contribution in [-0.2, 0) is 6.54 Å². The van der Waals surface area contributed by atoms with Crippen molar-refractivity contribution in [2.45, 2.75) is 26.4 Å². The van der Waals surface area contributed by atoms with E-state index in [9.17, 15) is 0 Å². The van der Waals surface area contributed by atoms with Gasteiger partial charge in [0.2, 0.25) is 11.9 Å². The summed E-state index contributed by atoms with van der Waals surface area (Å²) in [4.78, 5) is 22.3. The lowest BCUT2D eigenvalue weighted by molar-refractivity contribution is 0.245. The van der Waals surface area contributed by atoms with Crippen LogP contribution in [0, 0.1) is 6.92 Å². The SMILES string of the molecule is Cc1ncc(CN(C)[C@H](C)c2nc(N)nc(N(C)C)n2)s1. The molecule has 0 fully saturated rings. The fraction of sp³-hybridized carbons (Fsp3) is 0.538. The van der Waals surface area contributed by atoms with Crippen LogP contribution in [0.1, 0.15) is 28.7 Å². The predicted molar refractivity (Wildman–Crippen MR) is 85.3 cm³/mol. The van der Waals surface area contributed by atoms with Crippen molar-refractivity contribution in [1.82, 2.24) is 24.8 Å². The van der Waals surface area contributed by atoms with Gasteiger partial charge < -0.3 is 10.6 Å². The van der Waals surface area contributed by atoms with Crippen molar-refractivity contribution in [2.75, 3.05) is 31.8 Å². The van der Waals surface area contributed by atoms with E-state index in [2.05, 4.69) is 31.8 Å². The fourth-order valence-electron chi connectivity index (χ4n) is 1.84. The number of hydrogen-bond donors (Lipinski definition) is 1. The number of rotatable bonds is 5. The summed E-state index contributed by atoms with van der Waals surface area (Å²) >= 11 is 1.70. The molecule has 0 aliphatic rings. The Balaban J connectivity index is 2.16. The molecule has 8 heteroatoms. The summed E-state index contributed by atoms with van der Waals surface area (Å²) in [5.74, 6) is 1.50. The maximum Gasteiger partial charge on any atom is 0.229 e. The maximum absolute atomic E-state index is 5.78. The summed E-state index contributed by atoms with van der Waals surface area (Å²) in [7, 11) is 5.80. The molecule has 0 saturated heterocycles. The molecular formula is C13H21N7S. The van der Waals surface area contributed by atoms with Crippen LogP contribution in [0.3, 0.4) is 0 Å². The average Bonchev–Trinajstić information content (AvgIpc) is 2.82. The highest BCUT2D eigenvalue weighted by molar-refractivity contribution is 7.11. The lowest BCUT2D eigenvalue weighted by Gasteiger charge is -2.23. The monoisotopic (exact) mass is 307 g/mol. The van der Waals surface area contributed by atoms with Gasteiger partial charge in [-0.15, -0.1) is 11.3 Å². The number of nitrogens with two attached hydrogens (primary N) is 1. The molecule has 0 aliphatic carbocycles. The molecule has 2 rings (SSSR count). The maximum atomic E-state index is 5.78. The molecular weight excluding hydrogens is 286 g/mol. The molecule has 0 amide bonds. The number of aryl methyl sites for hydroxylation is 1. The summed E-state index contributed by atoms with van der Waals surface area (Å²) in [5.41, 5.74) is 5.78. The molecule has 2 aromatic heterocycles. The standard InChI is InChI=1S/C13H21N7S/c1-8(20(5)7-10-6-15-9(2)21-10)11-16-12(14)18-13(17-11)19(3)4/h6,8H,7H2,1-5H3,(H2,14,16,17,18)/t8-/m1/s1. The second-order valence-corrected chi connectivity index (χ2v) is 6.50. The normalized spacial score (nSPS) is 12.7. The first-order chi connectivity index (χ1) is 9.86. The molecule has 0 aliphatic heterocycles. The van der Waals surface area contributed by atoms with Crippen molar-refractivity contribution in [1.29, 1.82) is 0 Å². The Hall–Kier alpha value is -1.80. The molecule has 0 saturated carbocycles. The molecule has 0 unspecified atom stereocenters. The summed E-state index contributed by atoms with van der Waals surface area (Å²) in [6.45, 7) is 4.87. The number of nitrogen functional groups attached to an aromatic ring is 1. The third-order valence-electron chi connectivity index (χ3n) is 3.17. The molecule has 21 heavy (non-hydrogen) atoms. The van der Waals surface area contributed by atoms with Gasteiger partial charge in [-0.2, -0.15) is 15.0 Å². The number of hydrogen-bond acceptors (Lipinski definition) is 8. The van der Waals surface area contributed by atoms with Crippen LogP contribution in [0.4, 0.5) is 11.9 Å². The number of anilines is 2. The van der Waals surface area contributed by atoms with Gasteiger partial charge in [0.15, 0.2) is 5.82 Å². The minimum Gasteiger partial charge on any atom is -0.368 e. The fourth-order valence-corrected chi connectivity index (χ4v) is 2.70. The van der Waals surface area contributed by atoms with Gasteiger partial charge in [0.25, 0.3) is 0 Å². The van der Waals surface area contributed by atoms with E-state index in [1.54, 1.807) is 11.3 Å². The zero-order valence-electron chi connectivity index (χ0n) is 13.0. The Morgan fingerprint density at radius 2 is 1.95 bits per heavy atom. The largest absolute Gasteiger partial charge is 0.368 e. The summed E-state index contributed by atoms with van der Waals surface area (Å²) in [5, 5.41) is 1.07. The van der Waals surface area contributed by atoms with Crippen LogP contribution < -0.4 is 10.6 Å². The van der Waals surface area contributed by atoms with Crippen LogP contribution >= 0.6 is 11.3 Å². The molecule has 0 radical (unpaired) electrons. The van der Waals surface area contributed by atoms with E-state index in [4.69, 9.17) is 5.73 Å². The summed E-state index contributed by atoms with van der Waals surface area (Å²) < 4.78 is 0. The van der Waals surface area contributed by atoms with Crippen molar-refractivity contribution >= 4 is 23.2 Å². The molecule has 2 aromatic rings. The van der Waals surface area contributed by atoms with Crippen LogP contribution in [0.2, 0.25) is 0 Å². The van der Waals surface area contributed by atoms with Crippen LogP contribution in [-0.4, -0.2) is 46.0 Å². The van der Waals surface area contributed by atoms with Crippen LogP contribution in [0.15, 0.2) is 6.20 Å². The third-order valence-corrected chi connectivity index (χ3v) is 4.06. The second kappa shape index (κ2) is 6.31.